The topological polar surface area (TPSA) is 59.6 Å². The van der Waals surface area contributed by atoms with E-state index in [2.05, 4.69) is 10.6 Å². The molecule has 1 aromatic rings. The van der Waals surface area contributed by atoms with E-state index in [0.717, 1.165) is 37.4 Å². The van der Waals surface area contributed by atoms with Crippen molar-refractivity contribution in [1.82, 2.24) is 10.6 Å². The summed E-state index contributed by atoms with van der Waals surface area (Å²) in [6.07, 6.45) is 1.83. The van der Waals surface area contributed by atoms with Gasteiger partial charge in [-0.15, -0.1) is 0 Å². The smallest absolute Gasteiger partial charge is 0.315 e. The van der Waals surface area contributed by atoms with Gasteiger partial charge in [0.05, 0.1) is 19.3 Å². The van der Waals surface area contributed by atoms with Gasteiger partial charge in [0.1, 0.15) is 5.75 Å². The highest BCUT2D eigenvalue weighted by atomic mass is 16.5. The first-order valence-corrected chi connectivity index (χ1v) is 7.17. The summed E-state index contributed by atoms with van der Waals surface area (Å²) in [5.74, 6) is 1.32. The first kappa shape index (κ1) is 13.2. The summed E-state index contributed by atoms with van der Waals surface area (Å²) >= 11 is 0. The predicted octanol–water partition coefficient (Wildman–Crippen LogP) is 1.85. The average Bonchev–Trinajstić information content (AvgIpc) is 2.99. The van der Waals surface area contributed by atoms with Crippen molar-refractivity contribution in [3.8, 4) is 5.75 Å². The third-order valence-corrected chi connectivity index (χ3v) is 3.84. The summed E-state index contributed by atoms with van der Waals surface area (Å²) in [5, 5.41) is 5.96. The standard InChI is InChI=1S/C15H20N2O3/c18-15(16-9-11-5-7-19-10-11)17-13-6-8-20-14-4-2-1-3-12(13)14/h1-4,11,13H,5-10H2,(H2,16,17,18)/t11-,13-/m1/s1. The SMILES string of the molecule is O=C(NC[C@H]1CCOC1)N[C@@H]1CCOc2ccccc21. The maximum absolute atomic E-state index is 12.0. The van der Waals surface area contributed by atoms with Crippen LogP contribution in [0.4, 0.5) is 4.79 Å². The van der Waals surface area contributed by atoms with Crippen molar-refractivity contribution in [3.05, 3.63) is 29.8 Å². The van der Waals surface area contributed by atoms with Crippen LogP contribution in [0.1, 0.15) is 24.4 Å². The van der Waals surface area contributed by atoms with Crippen molar-refractivity contribution < 1.29 is 14.3 Å². The molecule has 2 aliphatic rings. The number of nitrogens with one attached hydrogen (secondary N) is 2. The molecule has 0 saturated carbocycles. The highest BCUT2D eigenvalue weighted by Crippen LogP contribution is 2.31. The van der Waals surface area contributed by atoms with E-state index in [1.165, 1.54) is 0 Å². The van der Waals surface area contributed by atoms with Gasteiger partial charge in [0, 0.05) is 31.1 Å². The van der Waals surface area contributed by atoms with Crippen LogP contribution in [0.15, 0.2) is 24.3 Å². The van der Waals surface area contributed by atoms with Crippen LogP contribution in [-0.4, -0.2) is 32.4 Å². The number of amides is 2. The number of carbonyl (C=O) groups excluding carboxylic acids is 1. The van der Waals surface area contributed by atoms with Crippen LogP contribution >= 0.6 is 0 Å². The van der Waals surface area contributed by atoms with Crippen LogP contribution in [0.25, 0.3) is 0 Å². The lowest BCUT2D eigenvalue weighted by Crippen LogP contribution is -2.41. The lowest BCUT2D eigenvalue weighted by atomic mass is 10.0. The van der Waals surface area contributed by atoms with E-state index in [4.69, 9.17) is 9.47 Å². The Hall–Kier alpha value is -1.75. The second-order valence-corrected chi connectivity index (χ2v) is 5.31. The molecule has 3 rings (SSSR count). The molecule has 108 valence electrons. The Morgan fingerprint density at radius 2 is 2.15 bits per heavy atom. The fourth-order valence-electron chi connectivity index (χ4n) is 2.68. The number of fused-ring (bicyclic) bond motifs is 1. The number of carbonyl (C=O) groups is 1. The molecular weight excluding hydrogens is 256 g/mol. The monoisotopic (exact) mass is 276 g/mol. The average molecular weight is 276 g/mol. The predicted molar refractivity (Wildman–Crippen MR) is 74.8 cm³/mol. The molecular formula is C15H20N2O3. The largest absolute Gasteiger partial charge is 0.493 e. The molecule has 0 spiro atoms. The molecule has 2 N–H and O–H groups in total. The Kier molecular flexibility index (Phi) is 4.06. The Bertz CT molecular complexity index is 472. The molecule has 0 aromatic heterocycles. The zero-order chi connectivity index (χ0) is 13.8. The van der Waals surface area contributed by atoms with Crippen molar-refractivity contribution >= 4 is 6.03 Å². The molecule has 1 aromatic carbocycles. The molecule has 1 fully saturated rings. The molecule has 2 amide bonds. The molecule has 0 bridgehead atoms. The van der Waals surface area contributed by atoms with Crippen LogP contribution in [0.2, 0.25) is 0 Å². The summed E-state index contributed by atoms with van der Waals surface area (Å²) in [6, 6.07) is 7.77. The van der Waals surface area contributed by atoms with Gasteiger partial charge in [0.25, 0.3) is 0 Å². The van der Waals surface area contributed by atoms with Crippen LogP contribution in [0, 0.1) is 5.92 Å². The third kappa shape index (κ3) is 3.04. The molecule has 0 aliphatic carbocycles. The van der Waals surface area contributed by atoms with E-state index in [1.807, 2.05) is 24.3 Å². The molecule has 5 heteroatoms. The first-order chi connectivity index (χ1) is 9.83. The van der Waals surface area contributed by atoms with E-state index in [0.29, 0.717) is 19.1 Å². The van der Waals surface area contributed by atoms with Gasteiger partial charge >= 0.3 is 6.03 Å². The lowest BCUT2D eigenvalue weighted by Gasteiger charge is -2.26. The van der Waals surface area contributed by atoms with Gasteiger partial charge in [0.2, 0.25) is 0 Å². The summed E-state index contributed by atoms with van der Waals surface area (Å²) in [7, 11) is 0. The minimum Gasteiger partial charge on any atom is -0.493 e. The van der Waals surface area contributed by atoms with Crippen LogP contribution in [-0.2, 0) is 4.74 Å². The fraction of sp³-hybridized carbons (Fsp3) is 0.533. The zero-order valence-electron chi connectivity index (χ0n) is 11.4. The van der Waals surface area contributed by atoms with Crippen LogP contribution in [0.5, 0.6) is 5.75 Å². The number of benzene rings is 1. The number of para-hydroxylation sites is 1. The molecule has 5 nitrogen and oxygen atoms in total. The Morgan fingerprint density at radius 3 is 3.00 bits per heavy atom. The van der Waals surface area contributed by atoms with E-state index < -0.39 is 0 Å². The summed E-state index contributed by atoms with van der Waals surface area (Å²) in [6.45, 7) is 2.87. The van der Waals surface area contributed by atoms with Crippen molar-refractivity contribution in [2.75, 3.05) is 26.4 Å². The minimum atomic E-state index is -0.112. The van der Waals surface area contributed by atoms with Gasteiger partial charge in [-0.3, -0.25) is 0 Å². The summed E-state index contributed by atoms with van der Waals surface area (Å²) in [5.41, 5.74) is 1.05. The van der Waals surface area contributed by atoms with Crippen molar-refractivity contribution in [3.63, 3.8) is 0 Å². The molecule has 20 heavy (non-hydrogen) atoms. The van der Waals surface area contributed by atoms with Crippen LogP contribution in [0.3, 0.4) is 0 Å². The summed E-state index contributed by atoms with van der Waals surface area (Å²) < 4.78 is 10.9. The first-order valence-electron chi connectivity index (χ1n) is 7.17. The number of rotatable bonds is 3. The van der Waals surface area contributed by atoms with Gasteiger partial charge in [-0.25, -0.2) is 4.79 Å². The number of hydrogen-bond donors (Lipinski definition) is 2. The van der Waals surface area contributed by atoms with E-state index in [9.17, 15) is 4.79 Å². The van der Waals surface area contributed by atoms with Gasteiger partial charge in [-0.2, -0.15) is 0 Å². The number of hydrogen-bond acceptors (Lipinski definition) is 3. The number of urea groups is 1. The van der Waals surface area contributed by atoms with Gasteiger partial charge < -0.3 is 20.1 Å². The third-order valence-electron chi connectivity index (χ3n) is 3.84. The molecule has 1 saturated heterocycles. The lowest BCUT2D eigenvalue weighted by molar-refractivity contribution is 0.184. The van der Waals surface area contributed by atoms with Crippen LogP contribution < -0.4 is 15.4 Å². The zero-order valence-corrected chi connectivity index (χ0v) is 11.4. The molecule has 2 atom stereocenters. The van der Waals surface area contributed by atoms with Gasteiger partial charge in [-0.05, 0) is 12.5 Å². The van der Waals surface area contributed by atoms with Crippen molar-refractivity contribution in [2.45, 2.75) is 18.9 Å². The van der Waals surface area contributed by atoms with Crippen molar-refractivity contribution in [1.29, 1.82) is 0 Å². The fourth-order valence-corrected chi connectivity index (χ4v) is 2.68. The van der Waals surface area contributed by atoms with E-state index in [-0.39, 0.29) is 12.1 Å². The quantitative estimate of drug-likeness (QED) is 0.885. The normalized spacial score (nSPS) is 24.6. The molecule has 0 unspecified atom stereocenters. The van der Waals surface area contributed by atoms with Crippen molar-refractivity contribution in [2.24, 2.45) is 5.92 Å². The van der Waals surface area contributed by atoms with Gasteiger partial charge in [-0.1, -0.05) is 18.2 Å². The second-order valence-electron chi connectivity index (χ2n) is 5.31. The highest BCUT2D eigenvalue weighted by Gasteiger charge is 2.23. The minimum absolute atomic E-state index is 0.0276. The maximum atomic E-state index is 12.0. The Balaban J connectivity index is 1.54. The van der Waals surface area contributed by atoms with E-state index in [1.54, 1.807) is 0 Å². The number of ether oxygens (including phenoxy) is 2. The highest BCUT2D eigenvalue weighted by molar-refractivity contribution is 5.74. The van der Waals surface area contributed by atoms with Gasteiger partial charge in [0.15, 0.2) is 0 Å². The molecule has 0 radical (unpaired) electrons. The Labute approximate surface area is 118 Å². The molecule has 2 heterocycles. The maximum Gasteiger partial charge on any atom is 0.315 e. The van der Waals surface area contributed by atoms with E-state index >= 15 is 0 Å². The summed E-state index contributed by atoms with van der Waals surface area (Å²) in [4.78, 5) is 12.0. The molecule has 2 aliphatic heterocycles. The Morgan fingerprint density at radius 1 is 1.25 bits per heavy atom. The second kappa shape index (κ2) is 6.13.